The number of thioether (sulfide) groups is 1. The molecule has 0 saturated heterocycles. The minimum absolute atomic E-state index is 0.0896. The van der Waals surface area contributed by atoms with Crippen molar-refractivity contribution in [2.45, 2.75) is 51.5 Å². The molecule has 0 aliphatic rings. The maximum Gasteiger partial charge on any atom is 0.255 e. The van der Waals surface area contributed by atoms with Crippen molar-refractivity contribution >= 4 is 34.3 Å². The Balaban J connectivity index is 1.84. The van der Waals surface area contributed by atoms with Crippen LogP contribution in [-0.4, -0.2) is 36.2 Å². The quantitative estimate of drug-likeness (QED) is 0.413. The molecule has 1 amide bonds. The average molecular weight is 425 g/mol. The number of hydrogen-bond acceptors (Lipinski definition) is 4. The second kappa shape index (κ2) is 10.2. The molecule has 0 aliphatic heterocycles. The highest BCUT2D eigenvalue weighted by molar-refractivity contribution is 7.99. The number of amides is 1. The maximum atomic E-state index is 12.8. The summed E-state index contributed by atoms with van der Waals surface area (Å²) >= 11 is 1.74. The number of furan rings is 1. The van der Waals surface area contributed by atoms with Crippen molar-refractivity contribution in [3.05, 3.63) is 59.4 Å². The Kier molecular flexibility index (Phi) is 7.62. The van der Waals surface area contributed by atoms with Crippen molar-refractivity contribution in [2.24, 2.45) is 0 Å². The molecule has 1 heterocycles. The molecule has 30 heavy (non-hydrogen) atoms. The van der Waals surface area contributed by atoms with Gasteiger partial charge < -0.3 is 14.6 Å². The van der Waals surface area contributed by atoms with E-state index in [1.165, 1.54) is 5.56 Å². The van der Waals surface area contributed by atoms with Crippen LogP contribution in [0.15, 0.2) is 51.8 Å². The summed E-state index contributed by atoms with van der Waals surface area (Å²) in [6.45, 7) is 9.61. The first-order chi connectivity index (χ1) is 14.4. The smallest absolute Gasteiger partial charge is 0.255 e. The molecule has 1 aromatic heterocycles. The van der Waals surface area contributed by atoms with E-state index < -0.39 is 0 Å². The summed E-state index contributed by atoms with van der Waals surface area (Å²) in [5.41, 5.74) is 3.60. The first kappa shape index (κ1) is 22.4. The van der Waals surface area contributed by atoms with Gasteiger partial charge in [-0.3, -0.25) is 4.79 Å². The van der Waals surface area contributed by atoms with Crippen LogP contribution in [-0.2, 0) is 12.8 Å². The predicted octanol–water partition coefficient (Wildman–Crippen LogP) is 6.24. The summed E-state index contributed by atoms with van der Waals surface area (Å²) in [6, 6.07) is 14.2. The number of likely N-dealkylation sites (N-methyl/N-ethyl adjacent to an activating group) is 1. The van der Waals surface area contributed by atoms with Gasteiger partial charge in [-0.25, -0.2) is 0 Å². The molecular formula is C25H32N2O2S. The summed E-state index contributed by atoms with van der Waals surface area (Å²) in [6.07, 6.45) is 1.79. The van der Waals surface area contributed by atoms with Gasteiger partial charge in [0.25, 0.3) is 5.91 Å². The number of aryl methyl sites for hydroxylation is 1. The van der Waals surface area contributed by atoms with E-state index in [-0.39, 0.29) is 5.91 Å². The molecule has 5 heteroatoms. The summed E-state index contributed by atoms with van der Waals surface area (Å²) in [4.78, 5) is 16.2. The third-order valence-electron chi connectivity index (χ3n) is 5.46. The van der Waals surface area contributed by atoms with Gasteiger partial charge in [-0.2, -0.15) is 0 Å². The lowest BCUT2D eigenvalue weighted by Gasteiger charge is -2.20. The van der Waals surface area contributed by atoms with Gasteiger partial charge in [0, 0.05) is 46.1 Å². The zero-order valence-electron chi connectivity index (χ0n) is 18.6. The molecule has 0 atom stereocenters. The van der Waals surface area contributed by atoms with Crippen LogP contribution in [0, 0.1) is 0 Å². The molecule has 0 unspecified atom stereocenters. The topological polar surface area (TPSA) is 45.5 Å². The van der Waals surface area contributed by atoms with Crippen LogP contribution >= 0.6 is 11.8 Å². The predicted molar refractivity (Wildman–Crippen MR) is 128 cm³/mol. The van der Waals surface area contributed by atoms with Crippen molar-refractivity contribution in [2.75, 3.05) is 24.7 Å². The third kappa shape index (κ3) is 5.27. The van der Waals surface area contributed by atoms with E-state index in [0.29, 0.717) is 11.6 Å². The van der Waals surface area contributed by atoms with Gasteiger partial charge in [-0.05, 0) is 69.5 Å². The lowest BCUT2D eigenvalue weighted by atomic mass is 10.0. The second-order valence-electron chi connectivity index (χ2n) is 7.81. The number of benzene rings is 2. The first-order valence-corrected chi connectivity index (χ1v) is 11.7. The van der Waals surface area contributed by atoms with E-state index in [2.05, 4.69) is 45.0 Å². The van der Waals surface area contributed by atoms with Gasteiger partial charge in [-0.15, -0.1) is 11.8 Å². The molecule has 0 aliphatic carbocycles. The van der Waals surface area contributed by atoms with Gasteiger partial charge in [0.2, 0.25) is 0 Å². The number of rotatable bonds is 9. The van der Waals surface area contributed by atoms with Crippen molar-refractivity contribution < 1.29 is 9.21 Å². The molecular weight excluding hydrogens is 392 g/mol. The number of nitrogens with one attached hydrogen (secondary N) is 1. The summed E-state index contributed by atoms with van der Waals surface area (Å²) in [7, 11) is 2.15. The fourth-order valence-electron chi connectivity index (χ4n) is 3.48. The Morgan fingerprint density at radius 1 is 1.17 bits per heavy atom. The highest BCUT2D eigenvalue weighted by Gasteiger charge is 2.16. The fourth-order valence-corrected chi connectivity index (χ4v) is 4.20. The van der Waals surface area contributed by atoms with Crippen molar-refractivity contribution in [3.8, 4) is 0 Å². The lowest BCUT2D eigenvalue weighted by Crippen LogP contribution is -2.28. The molecule has 0 fully saturated rings. The molecule has 0 radical (unpaired) electrons. The van der Waals surface area contributed by atoms with Gasteiger partial charge in [0.15, 0.2) is 0 Å². The third-order valence-corrected chi connectivity index (χ3v) is 6.33. The number of nitrogens with zero attached hydrogens (tertiary/aromatic N) is 1. The molecule has 3 rings (SSSR count). The second-order valence-corrected chi connectivity index (χ2v) is 9.15. The molecule has 0 spiro atoms. The van der Waals surface area contributed by atoms with Crippen LogP contribution in [0.5, 0.6) is 0 Å². The van der Waals surface area contributed by atoms with Gasteiger partial charge in [0.05, 0.1) is 0 Å². The molecule has 3 aromatic rings. The zero-order chi connectivity index (χ0) is 21.7. The maximum absolute atomic E-state index is 12.8. The molecule has 1 N–H and O–H groups in total. The van der Waals surface area contributed by atoms with Crippen molar-refractivity contribution in [3.63, 3.8) is 0 Å². The molecule has 4 nitrogen and oxygen atoms in total. The minimum atomic E-state index is -0.0896. The molecule has 0 saturated carbocycles. The minimum Gasteiger partial charge on any atom is -0.461 e. The zero-order valence-corrected chi connectivity index (χ0v) is 19.4. The standard InChI is InChI=1S/C25H32N2O2S/c1-6-23-21(13-14-27(5)17(3)4)22-16-19(11-12-24(22)29-23)26-25(28)18-9-8-10-20(15-18)30-7-2/h8-12,15-17H,6-7,13-14H2,1-5H3,(H,26,28). The van der Waals surface area contributed by atoms with E-state index >= 15 is 0 Å². The molecule has 2 aromatic carbocycles. The average Bonchev–Trinajstić information content (AvgIpc) is 3.09. The Bertz CT molecular complexity index is 1010. The number of hydrogen-bond donors (Lipinski definition) is 1. The van der Waals surface area contributed by atoms with Crippen LogP contribution in [0.4, 0.5) is 5.69 Å². The number of fused-ring (bicyclic) bond motifs is 1. The first-order valence-electron chi connectivity index (χ1n) is 10.7. The number of carbonyl (C=O) groups is 1. The summed E-state index contributed by atoms with van der Waals surface area (Å²) in [5.74, 6) is 1.93. The Morgan fingerprint density at radius 3 is 2.67 bits per heavy atom. The van der Waals surface area contributed by atoms with Crippen LogP contribution < -0.4 is 5.32 Å². The number of carbonyl (C=O) groups excluding carboxylic acids is 1. The fraction of sp³-hybridized carbons (Fsp3) is 0.400. The highest BCUT2D eigenvalue weighted by atomic mass is 32.2. The van der Waals surface area contributed by atoms with Gasteiger partial charge >= 0.3 is 0 Å². The van der Waals surface area contributed by atoms with E-state index in [1.54, 1.807) is 11.8 Å². The lowest BCUT2D eigenvalue weighted by molar-refractivity contribution is 0.102. The SMILES string of the molecule is CCSc1cccc(C(=O)Nc2ccc3oc(CC)c(CCN(C)C(C)C)c3c2)c1. The highest BCUT2D eigenvalue weighted by Crippen LogP contribution is 2.30. The van der Waals surface area contributed by atoms with Gasteiger partial charge in [0.1, 0.15) is 11.3 Å². The van der Waals surface area contributed by atoms with Crippen LogP contribution in [0.2, 0.25) is 0 Å². The van der Waals surface area contributed by atoms with Gasteiger partial charge in [-0.1, -0.05) is 19.9 Å². The van der Waals surface area contributed by atoms with Crippen LogP contribution in [0.25, 0.3) is 11.0 Å². The summed E-state index contributed by atoms with van der Waals surface area (Å²) < 4.78 is 6.09. The van der Waals surface area contributed by atoms with Crippen molar-refractivity contribution in [1.82, 2.24) is 4.90 Å². The van der Waals surface area contributed by atoms with Crippen LogP contribution in [0.3, 0.4) is 0 Å². The Hall–Kier alpha value is -2.24. The largest absolute Gasteiger partial charge is 0.461 e. The van der Waals surface area contributed by atoms with E-state index in [1.807, 2.05) is 42.5 Å². The Labute approximate surface area is 184 Å². The molecule has 0 bridgehead atoms. The van der Waals surface area contributed by atoms with Crippen LogP contribution in [0.1, 0.15) is 49.4 Å². The van der Waals surface area contributed by atoms with Crippen molar-refractivity contribution in [1.29, 1.82) is 0 Å². The summed E-state index contributed by atoms with van der Waals surface area (Å²) in [5, 5.41) is 4.15. The normalized spacial score (nSPS) is 11.6. The number of anilines is 1. The van der Waals surface area contributed by atoms with E-state index in [9.17, 15) is 4.79 Å². The van der Waals surface area contributed by atoms with E-state index in [4.69, 9.17) is 4.42 Å². The molecule has 160 valence electrons. The monoisotopic (exact) mass is 424 g/mol. The van der Waals surface area contributed by atoms with E-state index in [0.717, 1.165) is 52.5 Å². The Morgan fingerprint density at radius 2 is 1.97 bits per heavy atom.